The first-order valence-electron chi connectivity index (χ1n) is 6.74. The normalized spacial score (nSPS) is 20.8. The van der Waals surface area contributed by atoms with Gasteiger partial charge in [0.2, 0.25) is 5.91 Å². The highest BCUT2D eigenvalue weighted by molar-refractivity contribution is 5.96. The van der Waals surface area contributed by atoms with Crippen molar-refractivity contribution in [2.24, 2.45) is 0 Å². The van der Waals surface area contributed by atoms with Crippen molar-refractivity contribution in [3.63, 3.8) is 0 Å². The van der Waals surface area contributed by atoms with Crippen LogP contribution in [0.4, 0.5) is 0 Å². The van der Waals surface area contributed by atoms with Gasteiger partial charge in [-0.15, -0.1) is 0 Å². The van der Waals surface area contributed by atoms with Gasteiger partial charge in [0.15, 0.2) is 0 Å². The minimum absolute atomic E-state index is 0.0517. The van der Waals surface area contributed by atoms with E-state index in [1.807, 2.05) is 19.9 Å². The molecule has 20 heavy (non-hydrogen) atoms. The highest BCUT2D eigenvalue weighted by Crippen LogP contribution is 2.28. The van der Waals surface area contributed by atoms with Gasteiger partial charge in [0.1, 0.15) is 0 Å². The van der Waals surface area contributed by atoms with Crippen molar-refractivity contribution in [3.8, 4) is 0 Å². The predicted molar refractivity (Wildman–Crippen MR) is 75.2 cm³/mol. The average molecular weight is 276 g/mol. The van der Waals surface area contributed by atoms with Crippen LogP contribution in [0.1, 0.15) is 30.6 Å². The molecule has 1 aliphatic heterocycles. The number of hydrogen-bond donors (Lipinski definition) is 2. The lowest BCUT2D eigenvalue weighted by molar-refractivity contribution is -0.134. The zero-order valence-corrected chi connectivity index (χ0v) is 11.8. The number of hydrogen-bond acceptors (Lipinski definition) is 3. The SMILES string of the molecule is CC1(C)C(O)CCN1C(=O)CNC(=O)c1ccccc1. The second-order valence-electron chi connectivity index (χ2n) is 5.55. The number of rotatable bonds is 3. The number of carbonyl (C=O) groups excluding carboxylic acids is 2. The maximum Gasteiger partial charge on any atom is 0.251 e. The zero-order valence-electron chi connectivity index (χ0n) is 11.8. The molecule has 0 spiro atoms. The van der Waals surface area contributed by atoms with Crippen LogP contribution < -0.4 is 5.32 Å². The van der Waals surface area contributed by atoms with Gasteiger partial charge in [-0.3, -0.25) is 9.59 Å². The minimum Gasteiger partial charge on any atom is -0.391 e. The third-order valence-corrected chi connectivity index (χ3v) is 3.87. The molecular weight excluding hydrogens is 256 g/mol. The standard InChI is InChI=1S/C15H20N2O3/c1-15(2)12(18)8-9-17(15)13(19)10-16-14(20)11-6-4-3-5-7-11/h3-7,12,18H,8-10H2,1-2H3,(H,16,20). The second kappa shape index (κ2) is 5.63. The number of nitrogens with zero attached hydrogens (tertiary/aromatic N) is 1. The van der Waals surface area contributed by atoms with Gasteiger partial charge in [0, 0.05) is 12.1 Å². The summed E-state index contributed by atoms with van der Waals surface area (Å²) < 4.78 is 0. The molecule has 1 aromatic carbocycles. The Balaban J connectivity index is 1.92. The molecule has 5 heteroatoms. The summed E-state index contributed by atoms with van der Waals surface area (Å²) in [5.41, 5.74) is -0.0461. The molecule has 2 amide bonds. The summed E-state index contributed by atoms with van der Waals surface area (Å²) in [5, 5.41) is 12.5. The molecule has 1 unspecified atom stereocenters. The Hall–Kier alpha value is -1.88. The molecule has 2 rings (SSSR count). The molecule has 1 aliphatic rings. The molecule has 0 saturated carbocycles. The van der Waals surface area contributed by atoms with Crippen LogP contribution in [0.25, 0.3) is 0 Å². The highest BCUT2D eigenvalue weighted by Gasteiger charge is 2.42. The molecule has 0 radical (unpaired) electrons. The Morgan fingerprint density at radius 1 is 1.35 bits per heavy atom. The van der Waals surface area contributed by atoms with Crippen molar-refractivity contribution in [2.45, 2.75) is 31.9 Å². The van der Waals surface area contributed by atoms with E-state index in [1.54, 1.807) is 29.2 Å². The average Bonchev–Trinajstić information content (AvgIpc) is 2.71. The molecule has 1 aromatic rings. The van der Waals surface area contributed by atoms with E-state index in [-0.39, 0.29) is 18.4 Å². The summed E-state index contributed by atoms with van der Waals surface area (Å²) in [7, 11) is 0. The number of amides is 2. The van der Waals surface area contributed by atoms with Crippen LogP contribution in [0.15, 0.2) is 30.3 Å². The number of benzene rings is 1. The van der Waals surface area contributed by atoms with Crippen LogP contribution >= 0.6 is 0 Å². The fraction of sp³-hybridized carbons (Fsp3) is 0.467. The van der Waals surface area contributed by atoms with Gasteiger partial charge in [-0.1, -0.05) is 18.2 Å². The number of nitrogens with one attached hydrogen (secondary N) is 1. The summed E-state index contributed by atoms with van der Waals surface area (Å²) in [5.74, 6) is -0.438. The second-order valence-corrected chi connectivity index (χ2v) is 5.55. The van der Waals surface area contributed by atoms with Crippen LogP contribution in [0.5, 0.6) is 0 Å². The molecule has 1 atom stereocenters. The van der Waals surface area contributed by atoms with E-state index < -0.39 is 11.6 Å². The molecule has 2 N–H and O–H groups in total. The van der Waals surface area contributed by atoms with Gasteiger partial charge in [-0.05, 0) is 32.4 Å². The lowest BCUT2D eigenvalue weighted by Crippen LogP contribution is -2.51. The Morgan fingerprint density at radius 3 is 2.55 bits per heavy atom. The zero-order chi connectivity index (χ0) is 14.8. The Labute approximate surface area is 118 Å². The maximum absolute atomic E-state index is 12.1. The van der Waals surface area contributed by atoms with Crippen LogP contribution in [0.3, 0.4) is 0 Å². The topological polar surface area (TPSA) is 69.6 Å². The molecule has 108 valence electrons. The van der Waals surface area contributed by atoms with Gasteiger partial charge in [-0.25, -0.2) is 0 Å². The van der Waals surface area contributed by atoms with Crippen molar-refractivity contribution in [2.75, 3.05) is 13.1 Å². The monoisotopic (exact) mass is 276 g/mol. The molecule has 5 nitrogen and oxygen atoms in total. The lowest BCUT2D eigenvalue weighted by atomic mass is 9.99. The first-order valence-corrected chi connectivity index (χ1v) is 6.74. The molecule has 0 aromatic heterocycles. The van der Waals surface area contributed by atoms with E-state index in [4.69, 9.17) is 0 Å². The first kappa shape index (κ1) is 14.5. The number of aliphatic hydroxyl groups excluding tert-OH is 1. The summed E-state index contributed by atoms with van der Waals surface area (Å²) in [6.45, 7) is 4.14. The van der Waals surface area contributed by atoms with Gasteiger partial charge >= 0.3 is 0 Å². The highest BCUT2D eigenvalue weighted by atomic mass is 16.3. The molecule has 0 aliphatic carbocycles. The van der Waals surface area contributed by atoms with E-state index in [0.717, 1.165) is 0 Å². The number of likely N-dealkylation sites (tertiary alicyclic amines) is 1. The van der Waals surface area contributed by atoms with Crippen LogP contribution in [0, 0.1) is 0 Å². The van der Waals surface area contributed by atoms with Crippen LogP contribution in [-0.2, 0) is 4.79 Å². The minimum atomic E-state index is -0.575. The number of aliphatic hydroxyl groups is 1. The molecule has 1 saturated heterocycles. The number of carbonyl (C=O) groups is 2. The fourth-order valence-corrected chi connectivity index (χ4v) is 2.46. The fourth-order valence-electron chi connectivity index (χ4n) is 2.46. The van der Waals surface area contributed by atoms with Crippen molar-refractivity contribution in [3.05, 3.63) is 35.9 Å². The van der Waals surface area contributed by atoms with Crippen molar-refractivity contribution in [1.82, 2.24) is 10.2 Å². The predicted octanol–water partition coefficient (Wildman–Crippen LogP) is 0.788. The molecular formula is C15H20N2O3. The van der Waals surface area contributed by atoms with Gasteiger partial charge in [0.25, 0.3) is 5.91 Å². The molecule has 1 fully saturated rings. The molecule has 1 heterocycles. The summed E-state index contributed by atoms with van der Waals surface area (Å²) in [4.78, 5) is 25.6. The largest absolute Gasteiger partial charge is 0.391 e. The summed E-state index contributed by atoms with van der Waals surface area (Å²) in [6.07, 6.45) is 0.0574. The van der Waals surface area contributed by atoms with E-state index in [2.05, 4.69) is 5.32 Å². The van der Waals surface area contributed by atoms with Crippen LogP contribution in [0.2, 0.25) is 0 Å². The Kier molecular flexibility index (Phi) is 4.09. The summed E-state index contributed by atoms with van der Waals surface area (Å²) in [6, 6.07) is 8.77. The van der Waals surface area contributed by atoms with E-state index in [0.29, 0.717) is 18.5 Å². The van der Waals surface area contributed by atoms with E-state index >= 15 is 0 Å². The maximum atomic E-state index is 12.1. The molecule has 0 bridgehead atoms. The van der Waals surface area contributed by atoms with Crippen LogP contribution in [-0.4, -0.2) is 46.6 Å². The Bertz CT molecular complexity index is 499. The Morgan fingerprint density at radius 2 is 2.00 bits per heavy atom. The van der Waals surface area contributed by atoms with Gasteiger partial charge < -0.3 is 15.3 Å². The smallest absolute Gasteiger partial charge is 0.251 e. The van der Waals surface area contributed by atoms with Crippen molar-refractivity contribution in [1.29, 1.82) is 0 Å². The third-order valence-electron chi connectivity index (χ3n) is 3.87. The van der Waals surface area contributed by atoms with Crippen molar-refractivity contribution >= 4 is 11.8 Å². The van der Waals surface area contributed by atoms with E-state index in [9.17, 15) is 14.7 Å². The van der Waals surface area contributed by atoms with Gasteiger partial charge in [0.05, 0.1) is 18.2 Å². The lowest BCUT2D eigenvalue weighted by Gasteiger charge is -2.33. The van der Waals surface area contributed by atoms with Gasteiger partial charge in [-0.2, -0.15) is 0 Å². The first-order chi connectivity index (χ1) is 9.43. The van der Waals surface area contributed by atoms with Crippen molar-refractivity contribution < 1.29 is 14.7 Å². The summed E-state index contributed by atoms with van der Waals surface area (Å²) >= 11 is 0. The third kappa shape index (κ3) is 2.82. The quantitative estimate of drug-likeness (QED) is 0.857. The van der Waals surface area contributed by atoms with E-state index in [1.165, 1.54) is 0 Å².